The molecule has 2 heterocycles. The van der Waals surface area contributed by atoms with E-state index in [2.05, 4.69) is 57.6 Å². The molecule has 3 rings (SSSR count). The molecule has 1 aliphatic rings. The lowest BCUT2D eigenvalue weighted by atomic mass is 10.1. The molecule has 0 saturated carbocycles. The van der Waals surface area contributed by atoms with Gasteiger partial charge in [-0.2, -0.15) is 0 Å². The SMILES string of the molecule is Cc1cc(C)c(NC(=O)CN2CCN(CCn3ccnc3C)CC2)c(C)c1. The highest BCUT2D eigenvalue weighted by Crippen LogP contribution is 2.21. The normalized spacial score (nSPS) is 15.9. The first-order valence-corrected chi connectivity index (χ1v) is 9.72. The third-order valence-corrected chi connectivity index (χ3v) is 5.35. The van der Waals surface area contributed by atoms with Crippen LogP contribution >= 0.6 is 0 Å². The lowest BCUT2D eigenvalue weighted by Gasteiger charge is -2.34. The average molecular weight is 370 g/mol. The van der Waals surface area contributed by atoms with Crippen LogP contribution in [-0.2, 0) is 11.3 Å². The molecule has 1 N–H and O–H groups in total. The molecule has 0 unspecified atom stereocenters. The fourth-order valence-electron chi connectivity index (χ4n) is 3.82. The van der Waals surface area contributed by atoms with Crippen molar-refractivity contribution in [1.82, 2.24) is 19.4 Å². The standard InChI is InChI=1S/C21H31N5O/c1-16-13-17(2)21(18(3)14-16)23-20(27)15-25-9-7-24(8-10-25)11-12-26-6-5-22-19(26)4/h5-6,13-14H,7-12,15H2,1-4H3,(H,23,27). The van der Waals surface area contributed by atoms with Gasteiger partial charge in [0.15, 0.2) is 0 Å². The summed E-state index contributed by atoms with van der Waals surface area (Å²) in [6.07, 6.45) is 3.88. The van der Waals surface area contributed by atoms with E-state index in [0.717, 1.165) is 61.9 Å². The summed E-state index contributed by atoms with van der Waals surface area (Å²) in [6, 6.07) is 4.23. The summed E-state index contributed by atoms with van der Waals surface area (Å²) in [5.74, 6) is 1.14. The molecule has 1 aromatic carbocycles. The number of nitrogens with zero attached hydrogens (tertiary/aromatic N) is 4. The van der Waals surface area contributed by atoms with E-state index >= 15 is 0 Å². The van der Waals surface area contributed by atoms with Crippen LogP contribution < -0.4 is 5.32 Å². The number of hydrogen-bond donors (Lipinski definition) is 1. The number of carbonyl (C=O) groups excluding carboxylic acids is 1. The molecule has 1 amide bonds. The Morgan fingerprint density at radius 3 is 2.22 bits per heavy atom. The van der Waals surface area contributed by atoms with Crippen molar-refractivity contribution >= 4 is 11.6 Å². The molecule has 27 heavy (non-hydrogen) atoms. The number of carbonyl (C=O) groups is 1. The minimum atomic E-state index is 0.0764. The average Bonchev–Trinajstić information content (AvgIpc) is 3.02. The number of aromatic nitrogens is 2. The molecule has 0 bridgehead atoms. The highest BCUT2D eigenvalue weighted by Gasteiger charge is 2.19. The van der Waals surface area contributed by atoms with E-state index in [1.807, 2.05) is 19.3 Å². The fraction of sp³-hybridized carbons (Fsp3) is 0.524. The van der Waals surface area contributed by atoms with Gasteiger partial charge in [-0.3, -0.25) is 14.6 Å². The molecule has 1 aliphatic heterocycles. The first-order chi connectivity index (χ1) is 12.9. The van der Waals surface area contributed by atoms with Gasteiger partial charge in [0.2, 0.25) is 5.91 Å². The van der Waals surface area contributed by atoms with Gasteiger partial charge in [0.05, 0.1) is 6.54 Å². The maximum absolute atomic E-state index is 12.5. The maximum Gasteiger partial charge on any atom is 0.238 e. The number of rotatable bonds is 6. The predicted octanol–water partition coefficient (Wildman–Crippen LogP) is 2.37. The maximum atomic E-state index is 12.5. The third kappa shape index (κ3) is 5.17. The van der Waals surface area contributed by atoms with E-state index in [-0.39, 0.29) is 5.91 Å². The largest absolute Gasteiger partial charge is 0.334 e. The molecule has 0 spiro atoms. The van der Waals surface area contributed by atoms with Crippen molar-refractivity contribution in [2.75, 3.05) is 44.6 Å². The summed E-state index contributed by atoms with van der Waals surface area (Å²) in [5, 5.41) is 3.11. The van der Waals surface area contributed by atoms with Gasteiger partial charge in [0, 0.05) is 57.3 Å². The zero-order valence-electron chi connectivity index (χ0n) is 17.0. The van der Waals surface area contributed by atoms with Crippen LogP contribution in [0.5, 0.6) is 0 Å². The molecule has 0 radical (unpaired) electrons. The van der Waals surface area contributed by atoms with Crippen molar-refractivity contribution < 1.29 is 4.79 Å². The number of imidazole rings is 1. The molecule has 0 atom stereocenters. The number of hydrogen-bond acceptors (Lipinski definition) is 4. The molecule has 0 aliphatic carbocycles. The summed E-state index contributed by atoms with van der Waals surface area (Å²) >= 11 is 0. The van der Waals surface area contributed by atoms with E-state index in [4.69, 9.17) is 0 Å². The van der Waals surface area contributed by atoms with Crippen LogP contribution in [0.15, 0.2) is 24.5 Å². The van der Waals surface area contributed by atoms with Crippen molar-refractivity contribution in [3.05, 3.63) is 47.0 Å². The fourth-order valence-corrected chi connectivity index (χ4v) is 3.82. The number of amides is 1. The molecule has 146 valence electrons. The van der Waals surface area contributed by atoms with Gasteiger partial charge in [-0.1, -0.05) is 17.7 Å². The smallest absolute Gasteiger partial charge is 0.238 e. The first-order valence-electron chi connectivity index (χ1n) is 9.72. The molecule has 1 fully saturated rings. The van der Waals surface area contributed by atoms with Gasteiger partial charge < -0.3 is 9.88 Å². The second kappa shape index (κ2) is 8.67. The number of nitrogens with one attached hydrogen (secondary N) is 1. The second-order valence-corrected chi connectivity index (χ2v) is 7.61. The number of piperazine rings is 1. The van der Waals surface area contributed by atoms with Gasteiger partial charge in [-0.15, -0.1) is 0 Å². The highest BCUT2D eigenvalue weighted by molar-refractivity contribution is 5.93. The molecular formula is C21H31N5O. The Bertz CT molecular complexity index is 767. The molecule has 1 aromatic heterocycles. The van der Waals surface area contributed by atoms with Crippen molar-refractivity contribution in [3.8, 4) is 0 Å². The summed E-state index contributed by atoms with van der Waals surface area (Å²) in [6.45, 7) is 14.6. The van der Waals surface area contributed by atoms with Crippen molar-refractivity contribution in [2.24, 2.45) is 0 Å². The van der Waals surface area contributed by atoms with Crippen LogP contribution in [0.25, 0.3) is 0 Å². The minimum Gasteiger partial charge on any atom is -0.334 e. The quantitative estimate of drug-likeness (QED) is 0.849. The Hall–Kier alpha value is -2.18. The summed E-state index contributed by atoms with van der Waals surface area (Å²) in [7, 11) is 0. The highest BCUT2D eigenvalue weighted by atomic mass is 16.2. The van der Waals surface area contributed by atoms with Gasteiger partial charge in [0.25, 0.3) is 0 Å². The third-order valence-electron chi connectivity index (χ3n) is 5.35. The van der Waals surface area contributed by atoms with Gasteiger partial charge in [-0.25, -0.2) is 4.98 Å². The Balaban J connectivity index is 1.44. The Morgan fingerprint density at radius 1 is 1.00 bits per heavy atom. The molecular weight excluding hydrogens is 338 g/mol. The lowest BCUT2D eigenvalue weighted by Crippen LogP contribution is -2.49. The van der Waals surface area contributed by atoms with Gasteiger partial charge in [0.1, 0.15) is 5.82 Å². The zero-order valence-corrected chi connectivity index (χ0v) is 17.0. The summed E-state index contributed by atoms with van der Waals surface area (Å²) in [4.78, 5) is 21.5. The molecule has 1 saturated heterocycles. The Morgan fingerprint density at radius 2 is 1.63 bits per heavy atom. The number of aryl methyl sites for hydroxylation is 4. The molecule has 6 nitrogen and oxygen atoms in total. The minimum absolute atomic E-state index is 0.0764. The topological polar surface area (TPSA) is 53.4 Å². The Kier molecular flexibility index (Phi) is 6.29. The van der Waals surface area contributed by atoms with E-state index in [9.17, 15) is 4.79 Å². The zero-order chi connectivity index (χ0) is 19.4. The lowest BCUT2D eigenvalue weighted by molar-refractivity contribution is -0.117. The van der Waals surface area contributed by atoms with Gasteiger partial charge >= 0.3 is 0 Å². The monoisotopic (exact) mass is 369 g/mol. The molecule has 2 aromatic rings. The van der Waals surface area contributed by atoms with Crippen LogP contribution in [0, 0.1) is 27.7 Å². The molecule has 6 heteroatoms. The van der Waals surface area contributed by atoms with E-state index in [1.165, 1.54) is 5.56 Å². The van der Waals surface area contributed by atoms with Crippen LogP contribution in [0.2, 0.25) is 0 Å². The van der Waals surface area contributed by atoms with Crippen LogP contribution in [0.1, 0.15) is 22.5 Å². The van der Waals surface area contributed by atoms with E-state index < -0.39 is 0 Å². The van der Waals surface area contributed by atoms with Crippen molar-refractivity contribution in [1.29, 1.82) is 0 Å². The van der Waals surface area contributed by atoms with Crippen molar-refractivity contribution in [3.63, 3.8) is 0 Å². The van der Waals surface area contributed by atoms with Crippen molar-refractivity contribution in [2.45, 2.75) is 34.2 Å². The van der Waals surface area contributed by atoms with Gasteiger partial charge in [-0.05, 0) is 38.8 Å². The summed E-state index contributed by atoms with van der Waals surface area (Å²) in [5.41, 5.74) is 4.44. The van der Waals surface area contributed by atoms with E-state index in [0.29, 0.717) is 6.54 Å². The van der Waals surface area contributed by atoms with Crippen LogP contribution in [0.3, 0.4) is 0 Å². The second-order valence-electron chi connectivity index (χ2n) is 7.61. The predicted molar refractivity (Wildman–Crippen MR) is 109 cm³/mol. The van der Waals surface area contributed by atoms with E-state index in [1.54, 1.807) is 0 Å². The van der Waals surface area contributed by atoms with Crippen LogP contribution in [0.4, 0.5) is 5.69 Å². The number of benzene rings is 1. The first kappa shape index (κ1) is 19.6. The Labute approximate surface area is 162 Å². The number of anilines is 1. The summed E-state index contributed by atoms with van der Waals surface area (Å²) < 4.78 is 2.19. The van der Waals surface area contributed by atoms with Crippen LogP contribution in [-0.4, -0.2) is 64.5 Å².